The summed E-state index contributed by atoms with van der Waals surface area (Å²) in [5, 5.41) is 24.1. The summed E-state index contributed by atoms with van der Waals surface area (Å²) >= 11 is 0. The minimum absolute atomic E-state index is 0.106. The van der Waals surface area contributed by atoms with Gasteiger partial charge in [-0.1, -0.05) is 71.4 Å². The Balaban J connectivity index is 1.47. The molecule has 0 aromatic heterocycles. The van der Waals surface area contributed by atoms with Gasteiger partial charge in [0.15, 0.2) is 0 Å². The van der Waals surface area contributed by atoms with Crippen molar-refractivity contribution >= 4 is 15.7 Å². The van der Waals surface area contributed by atoms with Crippen molar-refractivity contribution in [1.29, 1.82) is 0 Å². The number of sulfonamides is 1. The van der Waals surface area contributed by atoms with Crippen molar-refractivity contribution in [3.05, 3.63) is 89.5 Å². The summed E-state index contributed by atoms with van der Waals surface area (Å²) in [6.45, 7) is 0.941. The van der Waals surface area contributed by atoms with Crippen LogP contribution in [0.3, 0.4) is 0 Å². The average molecular weight is 467 g/mol. The molecule has 0 saturated heterocycles. The summed E-state index contributed by atoms with van der Waals surface area (Å²) in [5.41, 5.74) is 5.62. The van der Waals surface area contributed by atoms with Crippen molar-refractivity contribution in [3.63, 3.8) is 0 Å². The van der Waals surface area contributed by atoms with Gasteiger partial charge in [-0.3, -0.25) is 0 Å². The molecule has 1 aliphatic carbocycles. The first-order chi connectivity index (χ1) is 15.9. The SMILES string of the molecule is Cc1ccc(S(=O)(=O)N(CCO)CC(O)CON=C2c3ccccc3-c3ccccc32)cc1. The largest absolute Gasteiger partial charge is 0.395 e. The van der Waals surface area contributed by atoms with Gasteiger partial charge in [0.05, 0.1) is 11.5 Å². The molecule has 0 spiro atoms. The second kappa shape index (κ2) is 9.84. The number of nitrogens with zero attached hydrogens (tertiary/aromatic N) is 2. The molecule has 172 valence electrons. The third-order valence-corrected chi connectivity index (χ3v) is 7.38. The molecule has 0 bridgehead atoms. The number of oxime groups is 1. The molecule has 0 heterocycles. The van der Waals surface area contributed by atoms with E-state index in [1.54, 1.807) is 12.1 Å². The highest BCUT2D eigenvalue weighted by molar-refractivity contribution is 7.89. The van der Waals surface area contributed by atoms with E-state index in [1.807, 2.05) is 55.5 Å². The lowest BCUT2D eigenvalue weighted by molar-refractivity contribution is 0.0295. The minimum Gasteiger partial charge on any atom is -0.395 e. The minimum atomic E-state index is -3.87. The van der Waals surface area contributed by atoms with E-state index in [4.69, 9.17) is 4.84 Å². The number of benzene rings is 3. The second-order valence-corrected chi connectivity index (χ2v) is 9.82. The summed E-state index contributed by atoms with van der Waals surface area (Å²) in [6, 6.07) is 22.2. The van der Waals surface area contributed by atoms with Crippen molar-refractivity contribution < 1.29 is 23.5 Å². The predicted molar refractivity (Wildman–Crippen MR) is 126 cm³/mol. The molecule has 8 heteroatoms. The molecule has 7 nitrogen and oxygen atoms in total. The first-order valence-electron chi connectivity index (χ1n) is 10.7. The van der Waals surface area contributed by atoms with E-state index < -0.39 is 16.1 Å². The van der Waals surface area contributed by atoms with E-state index in [0.717, 1.165) is 32.1 Å². The van der Waals surface area contributed by atoms with E-state index in [9.17, 15) is 18.6 Å². The molecule has 2 N–H and O–H groups in total. The monoisotopic (exact) mass is 466 g/mol. The van der Waals surface area contributed by atoms with Gasteiger partial charge in [-0.25, -0.2) is 8.42 Å². The van der Waals surface area contributed by atoms with Crippen LogP contribution in [0.15, 0.2) is 82.8 Å². The molecule has 1 aliphatic rings. The molecular formula is C25H26N2O5S. The maximum atomic E-state index is 13.0. The van der Waals surface area contributed by atoms with Gasteiger partial charge in [0.2, 0.25) is 10.0 Å². The smallest absolute Gasteiger partial charge is 0.243 e. The molecular weight excluding hydrogens is 440 g/mol. The summed E-state index contributed by atoms with van der Waals surface area (Å²) in [4.78, 5) is 5.57. The average Bonchev–Trinajstić information content (AvgIpc) is 3.13. The van der Waals surface area contributed by atoms with Crippen molar-refractivity contribution in [2.75, 3.05) is 26.3 Å². The topological polar surface area (TPSA) is 99.4 Å². The fourth-order valence-corrected chi connectivity index (χ4v) is 5.32. The van der Waals surface area contributed by atoms with E-state index >= 15 is 0 Å². The van der Waals surface area contributed by atoms with Gasteiger partial charge in [-0.15, -0.1) is 0 Å². The molecule has 0 amide bonds. The van der Waals surface area contributed by atoms with E-state index in [1.165, 1.54) is 12.1 Å². The zero-order valence-electron chi connectivity index (χ0n) is 18.3. The third kappa shape index (κ3) is 4.84. The lowest BCUT2D eigenvalue weighted by Crippen LogP contribution is -2.40. The highest BCUT2D eigenvalue weighted by Gasteiger charge is 2.27. The van der Waals surface area contributed by atoms with Crippen LogP contribution in [0.4, 0.5) is 0 Å². The Kier molecular flexibility index (Phi) is 6.90. The maximum absolute atomic E-state index is 13.0. The summed E-state index contributed by atoms with van der Waals surface area (Å²) in [7, 11) is -3.87. The van der Waals surface area contributed by atoms with Gasteiger partial charge in [-0.05, 0) is 30.2 Å². The predicted octanol–water partition coefficient (Wildman–Crippen LogP) is 2.79. The zero-order valence-corrected chi connectivity index (χ0v) is 19.1. The van der Waals surface area contributed by atoms with Crippen LogP contribution in [0, 0.1) is 6.92 Å². The van der Waals surface area contributed by atoms with Crippen LogP contribution in [0.1, 0.15) is 16.7 Å². The van der Waals surface area contributed by atoms with Crippen molar-refractivity contribution in [1.82, 2.24) is 4.31 Å². The Morgan fingerprint density at radius 3 is 2.00 bits per heavy atom. The number of fused-ring (bicyclic) bond motifs is 3. The van der Waals surface area contributed by atoms with Crippen LogP contribution in [0.5, 0.6) is 0 Å². The van der Waals surface area contributed by atoms with E-state index in [2.05, 4.69) is 5.16 Å². The first kappa shape index (κ1) is 23.1. The van der Waals surface area contributed by atoms with Crippen LogP contribution >= 0.6 is 0 Å². The molecule has 4 rings (SSSR count). The highest BCUT2D eigenvalue weighted by atomic mass is 32.2. The fraction of sp³-hybridized carbons (Fsp3) is 0.240. The summed E-state index contributed by atoms with van der Waals surface area (Å²) in [6.07, 6.45) is -1.13. The molecule has 3 aromatic carbocycles. The second-order valence-electron chi connectivity index (χ2n) is 7.88. The maximum Gasteiger partial charge on any atom is 0.243 e. The molecule has 33 heavy (non-hydrogen) atoms. The molecule has 1 unspecified atom stereocenters. The standard InChI is InChI=1S/C25H26N2O5S/c1-18-10-12-20(13-11-18)33(30,31)27(14-15-28)16-19(29)17-32-26-25-23-8-4-2-6-21(23)22-7-3-5-9-24(22)25/h2-13,19,28-29H,14-17H2,1H3. The molecule has 0 radical (unpaired) electrons. The van der Waals surface area contributed by atoms with Crippen LogP contribution in [0.25, 0.3) is 11.1 Å². The Morgan fingerprint density at radius 1 is 0.909 bits per heavy atom. The Bertz CT molecular complexity index is 1210. The van der Waals surface area contributed by atoms with Gasteiger partial charge in [0.1, 0.15) is 18.4 Å². The Hall–Kier alpha value is -3.04. The fourth-order valence-electron chi connectivity index (χ4n) is 3.85. The third-order valence-electron chi connectivity index (χ3n) is 5.50. The van der Waals surface area contributed by atoms with Crippen LogP contribution in [0.2, 0.25) is 0 Å². The number of aliphatic hydroxyl groups excluding tert-OH is 2. The summed E-state index contributed by atoms with van der Waals surface area (Å²) in [5.74, 6) is 0. The van der Waals surface area contributed by atoms with Crippen molar-refractivity contribution in [3.8, 4) is 11.1 Å². The van der Waals surface area contributed by atoms with Gasteiger partial charge in [0, 0.05) is 24.2 Å². The van der Waals surface area contributed by atoms with Gasteiger partial charge < -0.3 is 15.1 Å². The first-order valence-corrected chi connectivity index (χ1v) is 12.1. The lowest BCUT2D eigenvalue weighted by Gasteiger charge is -2.23. The van der Waals surface area contributed by atoms with Gasteiger partial charge >= 0.3 is 0 Å². The number of hydrogen-bond acceptors (Lipinski definition) is 6. The van der Waals surface area contributed by atoms with Gasteiger partial charge in [-0.2, -0.15) is 4.31 Å². The van der Waals surface area contributed by atoms with Crippen LogP contribution in [-0.4, -0.2) is 61.1 Å². The molecule has 0 saturated carbocycles. The molecule has 0 aliphatic heterocycles. The van der Waals surface area contributed by atoms with Crippen molar-refractivity contribution in [2.24, 2.45) is 5.16 Å². The van der Waals surface area contributed by atoms with Crippen LogP contribution < -0.4 is 0 Å². The lowest BCUT2D eigenvalue weighted by atomic mass is 10.1. The highest BCUT2D eigenvalue weighted by Crippen LogP contribution is 2.36. The number of rotatable bonds is 9. The van der Waals surface area contributed by atoms with Crippen LogP contribution in [-0.2, 0) is 14.9 Å². The van der Waals surface area contributed by atoms with E-state index in [-0.39, 0.29) is 31.2 Å². The Labute approximate surface area is 193 Å². The molecule has 3 aromatic rings. The number of aryl methyl sites for hydroxylation is 1. The zero-order chi connectivity index (χ0) is 23.4. The van der Waals surface area contributed by atoms with E-state index in [0.29, 0.717) is 5.71 Å². The van der Waals surface area contributed by atoms with Gasteiger partial charge in [0.25, 0.3) is 0 Å². The molecule has 1 atom stereocenters. The quantitative estimate of drug-likeness (QED) is 0.370. The Morgan fingerprint density at radius 2 is 1.45 bits per heavy atom. The summed E-state index contributed by atoms with van der Waals surface area (Å²) < 4.78 is 27.0. The number of hydrogen-bond donors (Lipinski definition) is 2. The van der Waals surface area contributed by atoms with Crippen molar-refractivity contribution in [2.45, 2.75) is 17.9 Å². The number of aliphatic hydroxyl groups is 2. The molecule has 0 fully saturated rings. The normalized spacial score (nSPS) is 13.5.